The average molecular weight is 490 g/mol. The molecule has 38 heavy (non-hydrogen) atoms. The summed E-state index contributed by atoms with van der Waals surface area (Å²) in [5.74, 6) is 0.646. The Labute approximate surface area is 219 Å². The van der Waals surface area contributed by atoms with Gasteiger partial charge in [-0.1, -0.05) is 50.2 Å². The maximum atomic E-state index is 5.98. The first-order chi connectivity index (χ1) is 18.6. The van der Waals surface area contributed by atoms with E-state index in [-0.39, 0.29) is 5.41 Å². The Balaban J connectivity index is 1.24. The molecular formula is C34H23N3O. The molecule has 5 aromatic carbocycles. The lowest BCUT2D eigenvalue weighted by Gasteiger charge is -2.23. The van der Waals surface area contributed by atoms with Crippen LogP contribution in [-0.4, -0.2) is 15.0 Å². The fourth-order valence-electron chi connectivity index (χ4n) is 6.02. The molecular weight excluding hydrogens is 466 g/mol. The zero-order chi connectivity index (χ0) is 25.4. The molecule has 0 atom stereocenters. The summed E-state index contributed by atoms with van der Waals surface area (Å²) < 4.78 is 5.98. The lowest BCUT2D eigenvalue weighted by atomic mass is 9.80. The predicted octanol–water partition coefficient (Wildman–Crippen LogP) is 8.56. The van der Waals surface area contributed by atoms with Crippen molar-refractivity contribution >= 4 is 32.6 Å². The molecule has 0 saturated carbocycles. The van der Waals surface area contributed by atoms with Gasteiger partial charge in [0.2, 0.25) is 5.89 Å². The Hall–Kier alpha value is -4.83. The lowest BCUT2D eigenvalue weighted by molar-refractivity contribution is 0.620. The van der Waals surface area contributed by atoms with E-state index in [1.54, 1.807) is 12.4 Å². The van der Waals surface area contributed by atoms with Gasteiger partial charge in [-0.3, -0.25) is 9.97 Å². The van der Waals surface area contributed by atoms with Crippen LogP contribution in [0.25, 0.3) is 66.5 Å². The molecule has 0 bridgehead atoms. The molecule has 0 unspecified atom stereocenters. The second-order valence-electron chi connectivity index (χ2n) is 10.6. The summed E-state index contributed by atoms with van der Waals surface area (Å²) in [7, 11) is 0. The zero-order valence-corrected chi connectivity index (χ0v) is 21.1. The molecule has 0 fully saturated rings. The van der Waals surface area contributed by atoms with E-state index in [0.717, 1.165) is 27.9 Å². The number of para-hydroxylation sites is 2. The van der Waals surface area contributed by atoms with Gasteiger partial charge in [-0.05, 0) is 92.3 Å². The van der Waals surface area contributed by atoms with Crippen LogP contribution in [0.2, 0.25) is 0 Å². The van der Waals surface area contributed by atoms with Crippen molar-refractivity contribution in [3.05, 3.63) is 115 Å². The Morgan fingerprint density at radius 1 is 0.658 bits per heavy atom. The molecule has 0 radical (unpaired) electrons. The van der Waals surface area contributed by atoms with Gasteiger partial charge in [0.25, 0.3) is 0 Å². The third-order valence-electron chi connectivity index (χ3n) is 7.99. The van der Waals surface area contributed by atoms with E-state index in [9.17, 15) is 0 Å². The number of nitrogens with zero attached hydrogens (tertiary/aromatic N) is 3. The second-order valence-corrected chi connectivity index (χ2v) is 10.6. The van der Waals surface area contributed by atoms with Gasteiger partial charge in [0.15, 0.2) is 5.58 Å². The second kappa shape index (κ2) is 7.59. The van der Waals surface area contributed by atoms with Crippen LogP contribution in [0.1, 0.15) is 25.0 Å². The highest BCUT2D eigenvalue weighted by atomic mass is 16.3. The number of fused-ring (bicyclic) bond motifs is 1. The summed E-state index contributed by atoms with van der Waals surface area (Å²) in [6.45, 7) is 4.66. The number of oxazole rings is 1. The standard InChI is InChI=1S/C34H23N3O/c1-34(2)26-17-24(20-7-9-21(10-8-20)33-37-28-5-3-4-6-30(28)38-33)15-22-11-12-23-16-25(29-19-35-13-14-36-29)18-27(34)32(23)31(22)26/h3-19H,1-2H3. The van der Waals surface area contributed by atoms with Crippen LogP contribution in [0.5, 0.6) is 0 Å². The number of hydrogen-bond acceptors (Lipinski definition) is 4. The molecule has 2 aromatic heterocycles. The minimum atomic E-state index is -0.132. The van der Waals surface area contributed by atoms with E-state index in [4.69, 9.17) is 4.42 Å². The highest BCUT2D eigenvalue weighted by Gasteiger charge is 2.35. The highest BCUT2D eigenvalue weighted by molar-refractivity contribution is 6.16. The number of rotatable bonds is 3. The largest absolute Gasteiger partial charge is 0.436 e. The summed E-state index contributed by atoms with van der Waals surface area (Å²) in [6, 6.07) is 30.1. The summed E-state index contributed by atoms with van der Waals surface area (Å²) in [6.07, 6.45) is 5.31. The van der Waals surface area contributed by atoms with Crippen LogP contribution in [0.4, 0.5) is 0 Å². The molecule has 8 rings (SSSR count). The van der Waals surface area contributed by atoms with Gasteiger partial charge in [-0.15, -0.1) is 0 Å². The van der Waals surface area contributed by atoms with E-state index in [2.05, 4.69) is 89.5 Å². The van der Waals surface area contributed by atoms with Crippen molar-refractivity contribution in [2.45, 2.75) is 19.3 Å². The van der Waals surface area contributed by atoms with Crippen molar-refractivity contribution in [1.29, 1.82) is 0 Å². The van der Waals surface area contributed by atoms with Gasteiger partial charge in [-0.25, -0.2) is 4.98 Å². The van der Waals surface area contributed by atoms with Crippen LogP contribution < -0.4 is 0 Å². The van der Waals surface area contributed by atoms with Crippen LogP contribution in [-0.2, 0) is 5.41 Å². The molecule has 4 nitrogen and oxygen atoms in total. The third-order valence-corrected chi connectivity index (χ3v) is 7.99. The van der Waals surface area contributed by atoms with Crippen LogP contribution >= 0.6 is 0 Å². The summed E-state index contributed by atoms with van der Waals surface area (Å²) >= 11 is 0. The van der Waals surface area contributed by atoms with Gasteiger partial charge in [0.05, 0.1) is 11.9 Å². The van der Waals surface area contributed by atoms with Crippen molar-refractivity contribution in [2.75, 3.05) is 0 Å². The third kappa shape index (κ3) is 3.00. The van der Waals surface area contributed by atoms with Crippen LogP contribution in [0, 0.1) is 0 Å². The van der Waals surface area contributed by atoms with Gasteiger partial charge < -0.3 is 4.42 Å². The van der Waals surface area contributed by atoms with Gasteiger partial charge >= 0.3 is 0 Å². The van der Waals surface area contributed by atoms with Crippen molar-refractivity contribution in [3.8, 4) is 33.8 Å². The van der Waals surface area contributed by atoms with Crippen LogP contribution in [0.3, 0.4) is 0 Å². The molecule has 1 aliphatic rings. The topological polar surface area (TPSA) is 51.8 Å². The zero-order valence-electron chi connectivity index (χ0n) is 21.1. The molecule has 1 aliphatic carbocycles. The molecule has 0 saturated heterocycles. The quantitative estimate of drug-likeness (QED) is 0.233. The minimum absolute atomic E-state index is 0.132. The van der Waals surface area contributed by atoms with E-state index < -0.39 is 0 Å². The van der Waals surface area contributed by atoms with Gasteiger partial charge in [0, 0.05) is 28.9 Å². The molecule has 180 valence electrons. The van der Waals surface area contributed by atoms with Crippen molar-refractivity contribution in [1.82, 2.24) is 15.0 Å². The molecule has 0 aliphatic heterocycles. The van der Waals surface area contributed by atoms with Crippen LogP contribution in [0.15, 0.2) is 108 Å². The number of aromatic nitrogens is 3. The van der Waals surface area contributed by atoms with Crippen molar-refractivity contribution in [3.63, 3.8) is 0 Å². The SMILES string of the molecule is CC1(C)c2cc(-c3ccc(-c4nc5ccccc5o4)cc3)cc3ccc4cc(-c5cnccn5)cc1c4c23. The number of benzene rings is 5. The smallest absolute Gasteiger partial charge is 0.227 e. The first-order valence-corrected chi connectivity index (χ1v) is 12.8. The normalized spacial score (nSPS) is 13.7. The Bertz CT molecular complexity index is 2000. The van der Waals surface area contributed by atoms with E-state index >= 15 is 0 Å². The maximum absolute atomic E-state index is 5.98. The monoisotopic (exact) mass is 489 g/mol. The summed E-state index contributed by atoms with van der Waals surface area (Å²) in [4.78, 5) is 13.5. The minimum Gasteiger partial charge on any atom is -0.436 e. The van der Waals surface area contributed by atoms with Crippen molar-refractivity contribution < 1.29 is 4.42 Å². The summed E-state index contributed by atoms with van der Waals surface area (Å²) in [5, 5.41) is 5.23. The molecule has 4 heteroatoms. The molecule has 7 aromatic rings. The maximum Gasteiger partial charge on any atom is 0.227 e. The van der Waals surface area contributed by atoms with Crippen molar-refractivity contribution in [2.24, 2.45) is 0 Å². The first kappa shape index (κ1) is 21.3. The van der Waals surface area contributed by atoms with E-state index in [1.807, 2.05) is 30.5 Å². The molecule has 0 amide bonds. The average Bonchev–Trinajstić information content (AvgIpc) is 3.50. The van der Waals surface area contributed by atoms with Gasteiger partial charge in [0.1, 0.15) is 5.52 Å². The Morgan fingerprint density at radius 2 is 1.34 bits per heavy atom. The fraction of sp³-hybridized carbons (Fsp3) is 0.0882. The Kier molecular flexibility index (Phi) is 4.25. The number of hydrogen-bond donors (Lipinski definition) is 0. The molecule has 0 spiro atoms. The molecule has 0 N–H and O–H groups in total. The Morgan fingerprint density at radius 3 is 2.05 bits per heavy atom. The predicted molar refractivity (Wildman–Crippen MR) is 153 cm³/mol. The molecule has 2 heterocycles. The lowest BCUT2D eigenvalue weighted by Crippen LogP contribution is -2.15. The van der Waals surface area contributed by atoms with Gasteiger partial charge in [-0.2, -0.15) is 0 Å². The first-order valence-electron chi connectivity index (χ1n) is 12.8. The fourth-order valence-corrected chi connectivity index (χ4v) is 6.02. The van der Waals surface area contributed by atoms with E-state index in [1.165, 1.54) is 43.8 Å². The van der Waals surface area contributed by atoms with E-state index in [0.29, 0.717) is 5.89 Å². The summed E-state index contributed by atoms with van der Waals surface area (Å²) in [5.41, 5.74) is 9.63. The highest BCUT2D eigenvalue weighted by Crippen LogP contribution is 2.51.